The van der Waals surface area contributed by atoms with Crippen molar-refractivity contribution in [2.75, 3.05) is 14.2 Å². The molecular formula is C16H26N2O2. The molecule has 2 unspecified atom stereocenters. The average molecular weight is 278 g/mol. The summed E-state index contributed by atoms with van der Waals surface area (Å²) in [6.07, 6.45) is 4.10. The number of ether oxygens (including phenoxy) is 1. The zero-order chi connectivity index (χ0) is 14.5. The first-order chi connectivity index (χ1) is 9.65. The van der Waals surface area contributed by atoms with Crippen LogP contribution in [0.2, 0.25) is 0 Å². The summed E-state index contributed by atoms with van der Waals surface area (Å²) in [4.78, 5) is 2.24. The van der Waals surface area contributed by atoms with Gasteiger partial charge in [0.25, 0.3) is 0 Å². The fourth-order valence-corrected chi connectivity index (χ4v) is 3.07. The number of benzene rings is 1. The van der Waals surface area contributed by atoms with Gasteiger partial charge in [0.05, 0.1) is 13.2 Å². The first-order valence-corrected chi connectivity index (χ1v) is 7.40. The van der Waals surface area contributed by atoms with Crippen LogP contribution in [0.3, 0.4) is 0 Å². The molecule has 0 heterocycles. The lowest BCUT2D eigenvalue weighted by Gasteiger charge is -2.35. The fourth-order valence-electron chi connectivity index (χ4n) is 3.07. The molecule has 0 spiro atoms. The normalized spacial score (nSPS) is 23.1. The number of hydrogen-bond acceptors (Lipinski definition) is 4. The van der Waals surface area contributed by atoms with Crippen LogP contribution < -0.4 is 10.5 Å². The molecule has 1 aromatic rings. The molecule has 0 aliphatic heterocycles. The average Bonchev–Trinajstić information content (AvgIpc) is 2.47. The predicted molar refractivity (Wildman–Crippen MR) is 80.6 cm³/mol. The molecule has 0 amide bonds. The lowest BCUT2D eigenvalue weighted by molar-refractivity contribution is 0.0285. The number of aliphatic hydroxyl groups is 1. The number of hydrogen-bond donors (Lipinski definition) is 2. The van der Waals surface area contributed by atoms with E-state index in [9.17, 15) is 5.11 Å². The molecule has 0 saturated heterocycles. The lowest BCUT2D eigenvalue weighted by atomic mass is 9.91. The molecule has 0 bridgehead atoms. The minimum atomic E-state index is -0.211. The molecule has 112 valence electrons. The molecule has 2 atom stereocenters. The summed E-state index contributed by atoms with van der Waals surface area (Å²) in [6.45, 7) is 1.31. The van der Waals surface area contributed by atoms with Crippen molar-refractivity contribution in [1.29, 1.82) is 0 Å². The van der Waals surface area contributed by atoms with E-state index < -0.39 is 0 Å². The molecule has 1 fully saturated rings. The van der Waals surface area contributed by atoms with Gasteiger partial charge in [0.1, 0.15) is 5.75 Å². The van der Waals surface area contributed by atoms with Gasteiger partial charge in [-0.05, 0) is 37.6 Å². The van der Waals surface area contributed by atoms with Crippen molar-refractivity contribution in [1.82, 2.24) is 4.90 Å². The van der Waals surface area contributed by atoms with Crippen LogP contribution in [0.15, 0.2) is 18.2 Å². The van der Waals surface area contributed by atoms with Gasteiger partial charge in [-0.1, -0.05) is 18.9 Å². The molecular weight excluding hydrogens is 252 g/mol. The van der Waals surface area contributed by atoms with Crippen molar-refractivity contribution in [2.45, 2.75) is 50.9 Å². The van der Waals surface area contributed by atoms with Crippen LogP contribution in [0.5, 0.6) is 5.75 Å². The maximum atomic E-state index is 10.2. The second-order valence-electron chi connectivity index (χ2n) is 5.68. The molecule has 0 radical (unpaired) electrons. The van der Waals surface area contributed by atoms with Gasteiger partial charge in [-0.25, -0.2) is 0 Å². The van der Waals surface area contributed by atoms with Gasteiger partial charge < -0.3 is 15.6 Å². The first-order valence-electron chi connectivity index (χ1n) is 7.40. The van der Waals surface area contributed by atoms with E-state index in [0.29, 0.717) is 6.54 Å². The van der Waals surface area contributed by atoms with Crippen LogP contribution in [0.4, 0.5) is 0 Å². The van der Waals surface area contributed by atoms with Crippen LogP contribution in [0.25, 0.3) is 0 Å². The Hall–Kier alpha value is -1.10. The second-order valence-corrected chi connectivity index (χ2v) is 5.68. The standard InChI is InChI=1S/C16H26N2O2/c1-18(14-5-3-4-6-15(14)19)11-13-9-12(10-17)7-8-16(13)20-2/h7-9,14-15,19H,3-6,10-11,17H2,1-2H3. The van der Waals surface area contributed by atoms with Gasteiger partial charge in [-0.15, -0.1) is 0 Å². The molecule has 4 heteroatoms. The Labute approximate surface area is 121 Å². The molecule has 20 heavy (non-hydrogen) atoms. The van der Waals surface area contributed by atoms with E-state index >= 15 is 0 Å². The summed E-state index contributed by atoms with van der Waals surface area (Å²) in [7, 11) is 3.77. The van der Waals surface area contributed by atoms with Crippen molar-refractivity contribution >= 4 is 0 Å². The number of likely N-dealkylation sites (N-methyl/N-ethyl adjacent to an activating group) is 1. The SMILES string of the molecule is COc1ccc(CN)cc1CN(C)C1CCCCC1O. The Balaban J connectivity index is 2.11. The summed E-state index contributed by atoms with van der Waals surface area (Å²) >= 11 is 0. The topological polar surface area (TPSA) is 58.7 Å². The molecule has 1 aromatic carbocycles. The van der Waals surface area contributed by atoms with Gasteiger partial charge >= 0.3 is 0 Å². The Morgan fingerprint density at radius 3 is 2.75 bits per heavy atom. The highest BCUT2D eigenvalue weighted by atomic mass is 16.5. The van der Waals surface area contributed by atoms with E-state index in [1.54, 1.807) is 7.11 Å². The van der Waals surface area contributed by atoms with Crippen molar-refractivity contribution in [3.63, 3.8) is 0 Å². The smallest absolute Gasteiger partial charge is 0.123 e. The summed E-state index contributed by atoms with van der Waals surface area (Å²) < 4.78 is 5.43. The Bertz CT molecular complexity index is 436. The molecule has 1 saturated carbocycles. The highest BCUT2D eigenvalue weighted by Gasteiger charge is 2.26. The van der Waals surface area contributed by atoms with Crippen molar-refractivity contribution in [3.05, 3.63) is 29.3 Å². The summed E-state index contributed by atoms with van der Waals surface area (Å²) in [5.74, 6) is 0.888. The third-order valence-electron chi connectivity index (χ3n) is 4.26. The zero-order valence-electron chi connectivity index (χ0n) is 12.5. The fraction of sp³-hybridized carbons (Fsp3) is 0.625. The molecule has 2 rings (SSSR count). The maximum absolute atomic E-state index is 10.2. The summed E-state index contributed by atoms with van der Waals surface area (Å²) in [5.41, 5.74) is 7.96. The summed E-state index contributed by atoms with van der Waals surface area (Å²) in [5, 5.41) is 10.2. The number of nitrogens with two attached hydrogens (primary N) is 1. The third-order valence-corrected chi connectivity index (χ3v) is 4.26. The van der Waals surface area contributed by atoms with Gasteiger partial charge in [-0.3, -0.25) is 4.90 Å². The highest BCUT2D eigenvalue weighted by Crippen LogP contribution is 2.26. The first kappa shape index (κ1) is 15.3. The zero-order valence-corrected chi connectivity index (χ0v) is 12.5. The number of methoxy groups -OCH3 is 1. The van der Waals surface area contributed by atoms with Gasteiger partial charge in [0.15, 0.2) is 0 Å². The lowest BCUT2D eigenvalue weighted by Crippen LogP contribution is -2.42. The van der Waals surface area contributed by atoms with Crippen LogP contribution in [-0.2, 0) is 13.1 Å². The van der Waals surface area contributed by atoms with Crippen LogP contribution in [0.1, 0.15) is 36.8 Å². The van der Waals surface area contributed by atoms with E-state index in [4.69, 9.17) is 10.5 Å². The monoisotopic (exact) mass is 278 g/mol. The van der Waals surface area contributed by atoms with Crippen molar-refractivity contribution in [3.8, 4) is 5.75 Å². The van der Waals surface area contributed by atoms with E-state index in [2.05, 4.69) is 18.0 Å². The Kier molecular flexibility index (Phi) is 5.40. The van der Waals surface area contributed by atoms with E-state index in [0.717, 1.165) is 42.7 Å². The van der Waals surface area contributed by atoms with Crippen molar-refractivity contribution < 1.29 is 9.84 Å². The van der Waals surface area contributed by atoms with Gasteiger partial charge in [-0.2, -0.15) is 0 Å². The van der Waals surface area contributed by atoms with E-state index in [-0.39, 0.29) is 12.1 Å². The highest BCUT2D eigenvalue weighted by molar-refractivity contribution is 5.37. The van der Waals surface area contributed by atoms with Crippen LogP contribution in [-0.4, -0.2) is 36.3 Å². The molecule has 1 aliphatic rings. The van der Waals surface area contributed by atoms with Crippen molar-refractivity contribution in [2.24, 2.45) is 5.73 Å². The van der Waals surface area contributed by atoms with Gasteiger partial charge in [0, 0.05) is 24.7 Å². The number of rotatable bonds is 5. The molecule has 4 nitrogen and oxygen atoms in total. The number of nitrogens with zero attached hydrogens (tertiary/aromatic N) is 1. The van der Waals surface area contributed by atoms with Crippen LogP contribution in [0, 0.1) is 0 Å². The van der Waals surface area contributed by atoms with E-state index in [1.165, 1.54) is 6.42 Å². The van der Waals surface area contributed by atoms with E-state index in [1.807, 2.05) is 12.1 Å². The molecule has 0 aromatic heterocycles. The number of aliphatic hydroxyl groups excluding tert-OH is 1. The predicted octanol–water partition coefficient (Wildman–Crippen LogP) is 1.89. The van der Waals surface area contributed by atoms with Gasteiger partial charge in [0.2, 0.25) is 0 Å². The van der Waals surface area contributed by atoms with Crippen LogP contribution >= 0.6 is 0 Å². The minimum Gasteiger partial charge on any atom is -0.496 e. The molecule has 1 aliphatic carbocycles. The Morgan fingerprint density at radius 2 is 2.10 bits per heavy atom. The second kappa shape index (κ2) is 7.07. The quantitative estimate of drug-likeness (QED) is 0.863. The largest absolute Gasteiger partial charge is 0.496 e. The molecule has 3 N–H and O–H groups in total. The minimum absolute atomic E-state index is 0.211. The Morgan fingerprint density at radius 1 is 1.35 bits per heavy atom. The maximum Gasteiger partial charge on any atom is 0.123 e. The summed E-state index contributed by atoms with van der Waals surface area (Å²) in [6, 6.07) is 6.32. The third kappa shape index (κ3) is 3.51.